The SMILES string of the molecule is CC(=O)/C(C)=C/C=C/C=C/CC/C=C/C(C)C(O)C(C)C(O)/C=C/C=C/C=C/C=C/C=C/C=C/CC(O)C(C)C1(CC(O)CC(O)/C=C/CC(O)CC(O)CC(O)/C=C/CC(O)CC(O)C(O)C(O)CC(O)CC(O)CCCN=C(N)N)OCCO1. The monoisotopic (exact) mass is 1210 g/mol. The van der Waals surface area contributed by atoms with E-state index in [0.717, 1.165) is 12.8 Å². The van der Waals surface area contributed by atoms with Crippen molar-refractivity contribution in [2.45, 2.75) is 216 Å². The molecule has 0 radical (unpaired) electrons. The lowest BCUT2D eigenvalue weighted by Crippen LogP contribution is -2.46. The van der Waals surface area contributed by atoms with Gasteiger partial charge >= 0.3 is 0 Å². The van der Waals surface area contributed by atoms with Crippen LogP contribution in [-0.4, -0.2) is 194 Å². The fourth-order valence-electron chi connectivity index (χ4n) is 9.22. The molecule has 17 unspecified atom stereocenters. The van der Waals surface area contributed by atoms with Crippen LogP contribution in [0.5, 0.6) is 0 Å². The van der Waals surface area contributed by atoms with Crippen LogP contribution in [0.2, 0.25) is 0 Å². The average molecular weight is 1210 g/mol. The smallest absolute Gasteiger partial charge is 0.185 e. The molecule has 1 fully saturated rings. The number of hydrogen-bond donors (Lipinski definition) is 16. The average Bonchev–Trinajstić information content (AvgIpc) is 4.18. The van der Waals surface area contributed by atoms with E-state index in [4.69, 9.17) is 20.9 Å². The molecule has 17 atom stereocenters. The summed E-state index contributed by atoms with van der Waals surface area (Å²) in [6.07, 6.45) is 26.6. The molecule has 0 aromatic carbocycles. The van der Waals surface area contributed by atoms with Crippen LogP contribution in [0.3, 0.4) is 0 Å². The van der Waals surface area contributed by atoms with Gasteiger partial charge in [0.15, 0.2) is 17.5 Å². The Bertz CT molecular complexity index is 2230. The summed E-state index contributed by atoms with van der Waals surface area (Å²) >= 11 is 0. The minimum Gasteiger partial charge on any atom is -0.393 e. The summed E-state index contributed by atoms with van der Waals surface area (Å²) < 4.78 is 11.9. The van der Waals surface area contributed by atoms with Gasteiger partial charge < -0.3 is 92.4 Å². The van der Waals surface area contributed by atoms with E-state index in [1.165, 1.54) is 31.2 Å². The lowest BCUT2D eigenvalue weighted by Gasteiger charge is -2.37. The number of guanidine groups is 1. The van der Waals surface area contributed by atoms with Crippen molar-refractivity contribution in [2.75, 3.05) is 19.8 Å². The molecule has 18 N–H and O–H groups in total. The fraction of sp³-hybridized carbons (Fsp3) is 0.606. The molecule has 86 heavy (non-hydrogen) atoms. The number of rotatable bonds is 46. The van der Waals surface area contributed by atoms with Crippen LogP contribution in [0, 0.1) is 17.8 Å². The van der Waals surface area contributed by atoms with Gasteiger partial charge in [0.2, 0.25) is 0 Å². The maximum Gasteiger partial charge on any atom is 0.185 e. The molecule has 20 heteroatoms. The maximum atomic E-state index is 11.2. The normalized spacial score (nSPS) is 20.9. The first-order valence-corrected chi connectivity index (χ1v) is 30.1. The number of Topliss-reactive ketones (excluding diaryl/α,β-unsaturated/α-hetero) is 1. The van der Waals surface area contributed by atoms with Crippen molar-refractivity contribution in [1.82, 2.24) is 0 Å². The number of unbranched alkanes of at least 4 members (excludes halogenated alkanes) is 1. The van der Waals surface area contributed by atoms with Gasteiger partial charge in [-0.25, -0.2) is 0 Å². The molecule has 0 bridgehead atoms. The lowest BCUT2D eigenvalue weighted by atomic mass is 9.87. The van der Waals surface area contributed by atoms with Crippen LogP contribution in [0.4, 0.5) is 0 Å². The molecule has 0 spiro atoms. The zero-order chi connectivity index (χ0) is 64.5. The van der Waals surface area contributed by atoms with E-state index in [1.807, 2.05) is 98.9 Å². The molecule has 0 aromatic rings. The van der Waals surface area contributed by atoms with Gasteiger partial charge in [0.25, 0.3) is 0 Å². The number of hydrogen-bond acceptors (Lipinski definition) is 18. The van der Waals surface area contributed by atoms with Gasteiger partial charge in [-0.05, 0) is 77.2 Å². The number of aliphatic hydroxyl groups excluding tert-OH is 14. The minimum atomic E-state index is -1.69. The van der Waals surface area contributed by atoms with Gasteiger partial charge in [0.05, 0.1) is 92.6 Å². The molecular weight excluding hydrogens is 1110 g/mol. The molecule has 1 aliphatic heterocycles. The summed E-state index contributed by atoms with van der Waals surface area (Å²) in [4.78, 5) is 15.1. The first kappa shape index (κ1) is 79.2. The number of allylic oxidation sites excluding steroid dienone is 17. The second-order valence-corrected chi connectivity index (χ2v) is 22.5. The number of nitrogens with two attached hydrogens (primary N) is 2. The fourth-order valence-corrected chi connectivity index (χ4v) is 9.22. The Balaban J connectivity index is 2.45. The molecule has 20 nitrogen and oxygen atoms in total. The second kappa shape index (κ2) is 46.3. The van der Waals surface area contributed by atoms with E-state index >= 15 is 0 Å². The van der Waals surface area contributed by atoms with Gasteiger partial charge in [-0.15, -0.1) is 0 Å². The Kier molecular flexibility index (Phi) is 42.6. The molecule has 1 saturated heterocycles. The predicted octanol–water partition coefficient (Wildman–Crippen LogP) is 4.08. The third kappa shape index (κ3) is 37.1. The standard InChI is InChI=1S/C66H107N3O17/c1-46(50(5)70)27-20-16-12-11-13-17-21-28-47(2)63(83)48(3)59(79)34-22-18-14-9-7-6-8-10-15-19-23-35-60(80)49(4)66(85-37-38-86-66)45-58(78)42-53(73)31-24-29-51(71)39-56(76)40-52(72)30-25-32-55(75)43-61(81)64(84)62(82)44-57(77)41-54(74)33-26-36-69-65(67)68/h6-12,14-16,18-25,27-28,30-31,34,47-49,51-64,71-84H,13,17,26,29,32-33,35-45H2,1-5H3,(H4,67,68,69)/b8-6+,9-7+,12-11+,15-10+,18-14+,20-16+,23-19+,28-21+,30-25+,31-24+,34-22+,46-27+. The Morgan fingerprint density at radius 2 is 0.988 bits per heavy atom. The Morgan fingerprint density at radius 1 is 0.500 bits per heavy atom. The van der Waals surface area contributed by atoms with Crippen molar-refractivity contribution in [3.05, 3.63) is 145 Å². The molecule has 0 aliphatic carbocycles. The second-order valence-electron chi connectivity index (χ2n) is 22.5. The highest BCUT2D eigenvalue weighted by molar-refractivity contribution is 5.92. The van der Waals surface area contributed by atoms with E-state index in [-0.39, 0.29) is 101 Å². The highest BCUT2D eigenvalue weighted by Crippen LogP contribution is 2.37. The van der Waals surface area contributed by atoms with Crippen molar-refractivity contribution in [3.63, 3.8) is 0 Å². The Morgan fingerprint density at radius 3 is 1.57 bits per heavy atom. The van der Waals surface area contributed by atoms with Crippen molar-refractivity contribution >= 4 is 11.7 Å². The van der Waals surface area contributed by atoms with Crippen LogP contribution < -0.4 is 11.5 Å². The van der Waals surface area contributed by atoms with Crippen molar-refractivity contribution in [3.8, 4) is 0 Å². The summed E-state index contributed by atoms with van der Waals surface area (Å²) in [6.45, 7) is 9.68. The summed E-state index contributed by atoms with van der Waals surface area (Å²) in [7, 11) is 0. The van der Waals surface area contributed by atoms with Gasteiger partial charge in [-0.3, -0.25) is 9.79 Å². The Hall–Kier alpha value is -4.82. The zero-order valence-corrected chi connectivity index (χ0v) is 51.2. The van der Waals surface area contributed by atoms with Crippen molar-refractivity contribution in [1.29, 1.82) is 0 Å². The minimum absolute atomic E-state index is 0.0125. The third-order valence-corrected chi connectivity index (χ3v) is 14.7. The molecule has 0 saturated carbocycles. The molecule has 1 aliphatic rings. The maximum absolute atomic E-state index is 11.2. The van der Waals surface area contributed by atoms with Crippen LogP contribution in [0.15, 0.2) is 150 Å². The number of aliphatic imine (C=N–C) groups is 1. The quantitative estimate of drug-likeness (QED) is 0.0102. The largest absolute Gasteiger partial charge is 0.393 e. The van der Waals surface area contributed by atoms with E-state index in [1.54, 1.807) is 44.2 Å². The van der Waals surface area contributed by atoms with E-state index < -0.39 is 97.2 Å². The van der Waals surface area contributed by atoms with E-state index in [9.17, 15) is 76.3 Å². The van der Waals surface area contributed by atoms with E-state index in [0.29, 0.717) is 25.0 Å². The topological polar surface area (TPSA) is 383 Å². The number of aliphatic hydroxyl groups is 14. The van der Waals surface area contributed by atoms with Gasteiger partial charge in [-0.2, -0.15) is 0 Å². The number of ether oxygens (including phenoxy) is 2. The van der Waals surface area contributed by atoms with Crippen LogP contribution >= 0.6 is 0 Å². The first-order chi connectivity index (χ1) is 40.8. The van der Waals surface area contributed by atoms with Crippen molar-refractivity contribution in [2.24, 2.45) is 34.2 Å². The van der Waals surface area contributed by atoms with Gasteiger partial charge in [0.1, 0.15) is 6.10 Å². The molecule has 1 rings (SSSR count). The van der Waals surface area contributed by atoms with Crippen LogP contribution in [0.25, 0.3) is 0 Å². The van der Waals surface area contributed by atoms with Crippen LogP contribution in [0.1, 0.15) is 125 Å². The molecule has 0 aromatic heterocycles. The third-order valence-electron chi connectivity index (χ3n) is 14.7. The molecule has 1 heterocycles. The highest BCUT2D eigenvalue weighted by atomic mass is 16.7. The summed E-state index contributed by atoms with van der Waals surface area (Å²) in [6, 6.07) is 0. The molecule has 488 valence electrons. The summed E-state index contributed by atoms with van der Waals surface area (Å²) in [5.74, 6) is -2.35. The predicted molar refractivity (Wildman–Crippen MR) is 337 cm³/mol. The van der Waals surface area contributed by atoms with Crippen molar-refractivity contribution < 1.29 is 85.8 Å². The number of carbonyl (C=O) groups excluding carboxylic acids is 1. The summed E-state index contributed by atoms with van der Waals surface area (Å²) in [5, 5.41) is 147. The highest BCUT2D eigenvalue weighted by Gasteiger charge is 2.46. The number of carbonyl (C=O) groups is 1. The summed E-state index contributed by atoms with van der Waals surface area (Å²) in [5.41, 5.74) is 11.2. The molecule has 0 amide bonds. The van der Waals surface area contributed by atoms with Crippen LogP contribution in [-0.2, 0) is 14.3 Å². The number of ketones is 1. The molecular formula is C66H107N3O17. The number of nitrogens with zero attached hydrogens (tertiary/aromatic N) is 1. The van der Waals surface area contributed by atoms with Gasteiger partial charge in [-0.1, -0.05) is 161 Å². The van der Waals surface area contributed by atoms with E-state index in [2.05, 4.69) is 4.99 Å². The van der Waals surface area contributed by atoms with Gasteiger partial charge in [0, 0.05) is 56.4 Å². The lowest BCUT2D eigenvalue weighted by molar-refractivity contribution is -0.227. The first-order valence-electron chi connectivity index (χ1n) is 30.1. The Labute approximate surface area is 510 Å². The zero-order valence-electron chi connectivity index (χ0n) is 51.2.